The molecule has 0 saturated carbocycles. The molecule has 1 aliphatic heterocycles. The van der Waals surface area contributed by atoms with Gasteiger partial charge in [-0.3, -0.25) is 9.59 Å². The van der Waals surface area contributed by atoms with Gasteiger partial charge in [0, 0.05) is 18.5 Å². The van der Waals surface area contributed by atoms with E-state index in [0.717, 1.165) is 16.7 Å². The van der Waals surface area contributed by atoms with Crippen molar-refractivity contribution in [3.8, 4) is 11.4 Å². The molecule has 1 atom stereocenters. The van der Waals surface area contributed by atoms with Gasteiger partial charge in [-0.15, -0.1) is 0 Å². The predicted molar refractivity (Wildman–Crippen MR) is 119 cm³/mol. The molecular formula is C25H20N4O3. The summed E-state index contributed by atoms with van der Waals surface area (Å²) in [4.78, 5) is 36.6. The molecule has 0 spiro atoms. The summed E-state index contributed by atoms with van der Waals surface area (Å²) in [6, 6.07) is 20.0. The van der Waals surface area contributed by atoms with E-state index in [1.807, 2.05) is 54.6 Å². The molecule has 2 aromatic heterocycles. The van der Waals surface area contributed by atoms with Crippen LogP contribution in [0.2, 0.25) is 0 Å². The van der Waals surface area contributed by atoms with Gasteiger partial charge in [-0.05, 0) is 23.3 Å². The second-order valence-corrected chi connectivity index (χ2v) is 7.55. The van der Waals surface area contributed by atoms with E-state index in [1.54, 1.807) is 29.4 Å². The lowest BCUT2D eigenvalue weighted by Crippen LogP contribution is -2.50. The topological polar surface area (TPSA) is 88.3 Å². The number of furan rings is 1. The molecule has 0 radical (unpaired) electrons. The van der Waals surface area contributed by atoms with E-state index < -0.39 is 6.04 Å². The average molecular weight is 424 g/mol. The number of nitrogens with zero attached hydrogens (tertiary/aromatic N) is 3. The summed E-state index contributed by atoms with van der Waals surface area (Å²) in [7, 11) is 0. The minimum atomic E-state index is -0.684. The number of hydrogen-bond acceptors (Lipinski definition) is 5. The van der Waals surface area contributed by atoms with E-state index in [9.17, 15) is 9.59 Å². The zero-order chi connectivity index (χ0) is 21.9. The Balaban J connectivity index is 1.38. The third-order valence-corrected chi connectivity index (χ3v) is 5.50. The van der Waals surface area contributed by atoms with Crippen molar-refractivity contribution in [1.29, 1.82) is 0 Å². The van der Waals surface area contributed by atoms with E-state index in [-0.39, 0.29) is 17.6 Å². The van der Waals surface area contributed by atoms with Crippen LogP contribution in [0.15, 0.2) is 89.8 Å². The monoisotopic (exact) mass is 424 g/mol. The van der Waals surface area contributed by atoms with Crippen LogP contribution in [-0.2, 0) is 17.8 Å². The minimum absolute atomic E-state index is 0.206. The molecule has 1 aliphatic rings. The fourth-order valence-electron chi connectivity index (χ4n) is 3.87. The van der Waals surface area contributed by atoms with Crippen LogP contribution < -0.4 is 5.32 Å². The number of fused-ring (bicyclic) bond motifs is 1. The van der Waals surface area contributed by atoms with E-state index >= 15 is 0 Å². The molecule has 158 valence electrons. The molecular weight excluding hydrogens is 404 g/mol. The third kappa shape index (κ3) is 3.88. The lowest BCUT2D eigenvalue weighted by atomic mass is 9.93. The number of anilines is 1. The number of amides is 2. The third-order valence-electron chi connectivity index (χ3n) is 5.50. The van der Waals surface area contributed by atoms with Gasteiger partial charge in [-0.1, -0.05) is 54.6 Å². The smallest absolute Gasteiger partial charge is 0.290 e. The number of benzene rings is 2. The molecule has 2 amide bonds. The van der Waals surface area contributed by atoms with Gasteiger partial charge in [0.1, 0.15) is 6.04 Å². The van der Waals surface area contributed by atoms with Gasteiger partial charge in [0.15, 0.2) is 11.6 Å². The number of rotatable bonds is 4. The van der Waals surface area contributed by atoms with E-state index in [0.29, 0.717) is 24.5 Å². The Morgan fingerprint density at radius 3 is 2.34 bits per heavy atom. The first-order chi connectivity index (χ1) is 15.7. The van der Waals surface area contributed by atoms with E-state index in [2.05, 4.69) is 15.3 Å². The van der Waals surface area contributed by atoms with Crippen molar-refractivity contribution < 1.29 is 14.0 Å². The first-order valence-electron chi connectivity index (χ1n) is 10.3. The van der Waals surface area contributed by atoms with Gasteiger partial charge in [0.25, 0.3) is 5.91 Å². The van der Waals surface area contributed by atoms with Gasteiger partial charge in [-0.25, -0.2) is 9.97 Å². The van der Waals surface area contributed by atoms with Gasteiger partial charge in [0.05, 0.1) is 24.3 Å². The molecule has 7 heteroatoms. The van der Waals surface area contributed by atoms with Crippen LogP contribution in [0.25, 0.3) is 11.4 Å². The largest absolute Gasteiger partial charge is 0.459 e. The summed E-state index contributed by atoms with van der Waals surface area (Å²) in [5.74, 6) is 0.165. The molecule has 0 saturated heterocycles. The summed E-state index contributed by atoms with van der Waals surface area (Å²) >= 11 is 0. The number of nitrogens with one attached hydrogen (secondary N) is 1. The zero-order valence-electron chi connectivity index (χ0n) is 17.1. The minimum Gasteiger partial charge on any atom is -0.459 e. The summed E-state index contributed by atoms with van der Waals surface area (Å²) in [5.41, 5.74) is 3.43. The molecule has 3 heterocycles. The Bertz CT molecular complexity index is 1240. The zero-order valence-corrected chi connectivity index (χ0v) is 17.1. The SMILES string of the molecule is O=C(Nc1cnc(-c2ccccc2)nc1)C1Cc2ccccc2CN1C(=O)c1ccco1. The Hall–Kier alpha value is -4.26. The molecule has 0 bridgehead atoms. The maximum Gasteiger partial charge on any atom is 0.290 e. The number of aromatic nitrogens is 2. The number of hydrogen-bond donors (Lipinski definition) is 1. The van der Waals surface area contributed by atoms with Gasteiger partial charge < -0.3 is 14.6 Å². The summed E-state index contributed by atoms with van der Waals surface area (Å²) < 4.78 is 5.30. The molecule has 0 aliphatic carbocycles. The summed E-state index contributed by atoms with van der Waals surface area (Å²) in [6.45, 7) is 0.331. The fourth-order valence-corrected chi connectivity index (χ4v) is 3.87. The highest BCUT2D eigenvalue weighted by Crippen LogP contribution is 2.26. The van der Waals surface area contributed by atoms with Crippen LogP contribution >= 0.6 is 0 Å². The lowest BCUT2D eigenvalue weighted by molar-refractivity contribution is -0.121. The Kier molecular flexibility index (Phi) is 5.21. The van der Waals surface area contributed by atoms with Crippen molar-refractivity contribution in [3.05, 3.63) is 102 Å². The van der Waals surface area contributed by atoms with Gasteiger partial charge >= 0.3 is 0 Å². The molecule has 1 N–H and O–H groups in total. The van der Waals surface area contributed by atoms with Crippen LogP contribution in [0.3, 0.4) is 0 Å². The van der Waals surface area contributed by atoms with Gasteiger partial charge in [0.2, 0.25) is 5.91 Å². The fraction of sp³-hybridized carbons (Fsp3) is 0.120. The van der Waals surface area contributed by atoms with Crippen molar-refractivity contribution in [2.45, 2.75) is 19.0 Å². The molecule has 5 rings (SSSR count). The van der Waals surface area contributed by atoms with Crippen LogP contribution in [0.1, 0.15) is 21.7 Å². The summed E-state index contributed by atoms with van der Waals surface area (Å²) in [5, 5.41) is 2.86. The number of carbonyl (C=O) groups is 2. The van der Waals surface area contributed by atoms with Crippen LogP contribution in [0.5, 0.6) is 0 Å². The highest BCUT2D eigenvalue weighted by molar-refractivity contribution is 6.00. The van der Waals surface area contributed by atoms with Crippen LogP contribution in [0, 0.1) is 0 Å². The maximum absolute atomic E-state index is 13.2. The van der Waals surface area contributed by atoms with Gasteiger partial charge in [-0.2, -0.15) is 0 Å². The Morgan fingerprint density at radius 2 is 1.62 bits per heavy atom. The standard InChI is InChI=1S/C25H20N4O3/c30-24(28-20-14-26-23(27-15-20)17-7-2-1-3-8-17)21-13-18-9-4-5-10-19(18)16-29(21)25(31)22-11-6-12-32-22/h1-12,14-15,21H,13,16H2,(H,28,30). The van der Waals surface area contributed by atoms with Crippen molar-refractivity contribution in [2.75, 3.05) is 5.32 Å². The van der Waals surface area contributed by atoms with Crippen molar-refractivity contribution in [3.63, 3.8) is 0 Å². The molecule has 1 unspecified atom stereocenters. The summed E-state index contributed by atoms with van der Waals surface area (Å²) in [6.07, 6.45) is 5.01. The molecule has 4 aromatic rings. The Labute approximate surface area is 184 Å². The highest BCUT2D eigenvalue weighted by atomic mass is 16.3. The Morgan fingerprint density at radius 1 is 0.906 bits per heavy atom. The average Bonchev–Trinajstić information content (AvgIpc) is 3.39. The van der Waals surface area contributed by atoms with Crippen molar-refractivity contribution in [1.82, 2.24) is 14.9 Å². The molecule has 0 fully saturated rings. The second kappa shape index (κ2) is 8.47. The van der Waals surface area contributed by atoms with Crippen molar-refractivity contribution in [2.24, 2.45) is 0 Å². The highest BCUT2D eigenvalue weighted by Gasteiger charge is 2.36. The predicted octanol–water partition coefficient (Wildman–Crippen LogP) is 3.94. The quantitative estimate of drug-likeness (QED) is 0.536. The molecule has 7 nitrogen and oxygen atoms in total. The maximum atomic E-state index is 13.2. The van der Waals surface area contributed by atoms with Crippen LogP contribution in [-0.4, -0.2) is 32.7 Å². The lowest BCUT2D eigenvalue weighted by Gasteiger charge is -2.35. The molecule has 2 aromatic carbocycles. The van der Waals surface area contributed by atoms with E-state index in [1.165, 1.54) is 6.26 Å². The normalized spacial score (nSPS) is 15.1. The van der Waals surface area contributed by atoms with E-state index in [4.69, 9.17) is 4.42 Å². The number of carbonyl (C=O) groups excluding carboxylic acids is 2. The van der Waals surface area contributed by atoms with Crippen LogP contribution in [0.4, 0.5) is 5.69 Å². The first-order valence-corrected chi connectivity index (χ1v) is 10.3. The van der Waals surface area contributed by atoms with Crippen molar-refractivity contribution >= 4 is 17.5 Å². The molecule has 32 heavy (non-hydrogen) atoms. The second-order valence-electron chi connectivity index (χ2n) is 7.55. The first kappa shape index (κ1) is 19.7.